The largest absolute Gasteiger partial charge is 0.416 e. The molecular formula is C24H25F3. The minimum atomic E-state index is -4.29. The molecule has 0 bridgehead atoms. The van der Waals surface area contributed by atoms with E-state index in [1.165, 1.54) is 12.1 Å². The summed E-state index contributed by atoms with van der Waals surface area (Å²) >= 11 is 0. The van der Waals surface area contributed by atoms with Crippen molar-refractivity contribution in [2.24, 2.45) is 11.8 Å². The van der Waals surface area contributed by atoms with Crippen LogP contribution in [-0.2, 0) is 6.18 Å². The van der Waals surface area contributed by atoms with Gasteiger partial charge in [0.2, 0.25) is 0 Å². The molecule has 1 fully saturated rings. The van der Waals surface area contributed by atoms with Crippen LogP contribution in [0, 0.1) is 18.8 Å². The van der Waals surface area contributed by atoms with E-state index >= 15 is 0 Å². The summed E-state index contributed by atoms with van der Waals surface area (Å²) in [4.78, 5) is 0. The lowest BCUT2D eigenvalue weighted by atomic mass is 9.95. The highest BCUT2D eigenvalue weighted by molar-refractivity contribution is 5.70. The lowest BCUT2D eigenvalue weighted by Crippen LogP contribution is -2.05. The molecule has 0 heterocycles. The maximum Gasteiger partial charge on any atom is 0.416 e. The van der Waals surface area contributed by atoms with Crippen LogP contribution in [0.15, 0.2) is 55.1 Å². The fraction of sp³-hybridized carbons (Fsp3) is 0.333. The van der Waals surface area contributed by atoms with E-state index in [0.29, 0.717) is 17.4 Å². The third kappa shape index (κ3) is 4.52. The Labute approximate surface area is 159 Å². The summed E-state index contributed by atoms with van der Waals surface area (Å²) in [5.74, 6) is 1.08. The summed E-state index contributed by atoms with van der Waals surface area (Å²) < 4.78 is 38.6. The van der Waals surface area contributed by atoms with E-state index < -0.39 is 11.7 Å². The molecule has 2 aromatic rings. The van der Waals surface area contributed by atoms with Crippen LogP contribution >= 0.6 is 0 Å². The van der Waals surface area contributed by atoms with Gasteiger partial charge in [-0.25, -0.2) is 0 Å². The zero-order valence-electron chi connectivity index (χ0n) is 16.0. The Morgan fingerprint density at radius 1 is 1.11 bits per heavy atom. The molecule has 0 saturated heterocycles. The Morgan fingerprint density at radius 2 is 1.78 bits per heavy atom. The van der Waals surface area contributed by atoms with Crippen LogP contribution in [0.25, 0.3) is 11.6 Å². The minimum absolute atomic E-state index is 0.264. The smallest absolute Gasteiger partial charge is 0.166 e. The minimum Gasteiger partial charge on any atom is -0.166 e. The van der Waals surface area contributed by atoms with Gasteiger partial charge in [-0.2, -0.15) is 13.2 Å². The van der Waals surface area contributed by atoms with Crippen molar-refractivity contribution in [2.75, 3.05) is 0 Å². The van der Waals surface area contributed by atoms with Gasteiger partial charge < -0.3 is 0 Å². The van der Waals surface area contributed by atoms with Crippen LogP contribution in [0.3, 0.4) is 0 Å². The molecule has 1 aliphatic rings. The average Bonchev–Trinajstić information content (AvgIpc) is 3.39. The fourth-order valence-corrected chi connectivity index (χ4v) is 3.52. The van der Waals surface area contributed by atoms with Gasteiger partial charge in [-0.1, -0.05) is 62.9 Å². The highest BCUT2D eigenvalue weighted by Gasteiger charge is 2.41. The van der Waals surface area contributed by atoms with Gasteiger partial charge in [0.05, 0.1) is 5.56 Å². The molecule has 0 spiro atoms. The van der Waals surface area contributed by atoms with Crippen molar-refractivity contribution in [1.29, 1.82) is 0 Å². The van der Waals surface area contributed by atoms with E-state index in [9.17, 15) is 13.2 Å². The van der Waals surface area contributed by atoms with Crippen molar-refractivity contribution >= 4 is 11.6 Å². The normalized spacial score (nSPS) is 19.7. The second kappa shape index (κ2) is 7.38. The summed E-state index contributed by atoms with van der Waals surface area (Å²) in [5, 5.41) is 0. The highest BCUT2D eigenvalue weighted by Crippen LogP contribution is 2.55. The van der Waals surface area contributed by atoms with Gasteiger partial charge in [-0.15, -0.1) is 0 Å². The number of benzene rings is 2. The average molecular weight is 370 g/mol. The molecule has 1 aliphatic carbocycles. The Kier molecular flexibility index (Phi) is 5.32. The van der Waals surface area contributed by atoms with Gasteiger partial charge in [0.1, 0.15) is 0 Å². The summed E-state index contributed by atoms with van der Waals surface area (Å²) in [6.07, 6.45) is 0.929. The molecule has 3 heteroatoms. The van der Waals surface area contributed by atoms with Gasteiger partial charge in [-0.3, -0.25) is 0 Å². The van der Waals surface area contributed by atoms with Gasteiger partial charge in [0.15, 0.2) is 0 Å². The zero-order chi connectivity index (χ0) is 19.8. The first-order valence-corrected chi connectivity index (χ1v) is 9.32. The number of halogens is 3. The quantitative estimate of drug-likeness (QED) is 0.511. The highest BCUT2D eigenvalue weighted by atomic mass is 19.4. The van der Waals surface area contributed by atoms with Crippen LogP contribution in [0.5, 0.6) is 0 Å². The van der Waals surface area contributed by atoms with Crippen LogP contribution in [0.4, 0.5) is 13.2 Å². The van der Waals surface area contributed by atoms with Crippen molar-refractivity contribution in [2.45, 2.75) is 39.3 Å². The summed E-state index contributed by atoms with van der Waals surface area (Å²) in [6.45, 7) is 10.3. The predicted molar refractivity (Wildman–Crippen MR) is 106 cm³/mol. The van der Waals surface area contributed by atoms with Crippen LogP contribution in [0.2, 0.25) is 0 Å². The maximum atomic E-state index is 12.9. The summed E-state index contributed by atoms with van der Waals surface area (Å²) in [5.41, 5.74) is 4.47. The molecule has 3 rings (SSSR count). The Balaban J connectivity index is 1.70. The van der Waals surface area contributed by atoms with E-state index in [4.69, 9.17) is 0 Å². The summed E-state index contributed by atoms with van der Waals surface area (Å²) in [6, 6.07) is 12.4. The molecule has 0 aromatic heterocycles. The third-order valence-electron chi connectivity index (χ3n) is 5.19. The SMILES string of the molecule is C=C(c1ccc(/C=C/C(C)C)cc1)C1CC1c1ccc(C(F)(F)F)cc1C. The van der Waals surface area contributed by atoms with E-state index in [0.717, 1.165) is 28.7 Å². The first kappa shape index (κ1) is 19.5. The third-order valence-corrected chi connectivity index (χ3v) is 5.19. The molecule has 2 aromatic carbocycles. The second-order valence-electron chi connectivity index (χ2n) is 7.77. The predicted octanol–water partition coefficient (Wildman–Crippen LogP) is 7.50. The number of aryl methyl sites for hydroxylation is 1. The molecule has 142 valence electrons. The maximum absolute atomic E-state index is 12.9. The lowest BCUT2D eigenvalue weighted by molar-refractivity contribution is -0.137. The lowest BCUT2D eigenvalue weighted by Gasteiger charge is -2.12. The molecule has 0 radical (unpaired) electrons. The van der Waals surface area contributed by atoms with E-state index in [-0.39, 0.29) is 5.92 Å². The van der Waals surface area contributed by atoms with Gasteiger partial charge >= 0.3 is 6.18 Å². The second-order valence-corrected chi connectivity index (χ2v) is 7.77. The monoisotopic (exact) mass is 370 g/mol. The van der Waals surface area contributed by atoms with E-state index in [1.807, 2.05) is 0 Å². The summed E-state index contributed by atoms with van der Waals surface area (Å²) in [7, 11) is 0. The number of hydrogen-bond donors (Lipinski definition) is 0. The van der Waals surface area contributed by atoms with E-state index in [2.05, 4.69) is 56.8 Å². The van der Waals surface area contributed by atoms with Gasteiger partial charge in [0, 0.05) is 0 Å². The number of alkyl halides is 3. The molecule has 0 aliphatic heterocycles. The first-order chi connectivity index (χ1) is 12.7. The number of allylic oxidation sites excluding steroid dienone is 2. The number of rotatable bonds is 5. The number of hydrogen-bond acceptors (Lipinski definition) is 0. The standard InChI is InChI=1S/C24H25F3/c1-15(2)5-6-18-7-9-19(10-8-18)17(4)22-14-23(22)21-12-11-20(13-16(21)3)24(25,26)27/h5-13,15,22-23H,4,14H2,1-3H3/b6-5+. The van der Waals surface area contributed by atoms with Crippen molar-refractivity contribution in [3.63, 3.8) is 0 Å². The molecule has 27 heavy (non-hydrogen) atoms. The van der Waals surface area contributed by atoms with Crippen molar-refractivity contribution in [3.05, 3.63) is 82.9 Å². The van der Waals surface area contributed by atoms with Crippen molar-refractivity contribution in [3.8, 4) is 0 Å². The topological polar surface area (TPSA) is 0 Å². The Hall–Kier alpha value is -2.29. The van der Waals surface area contributed by atoms with Crippen LogP contribution in [0.1, 0.15) is 54.0 Å². The van der Waals surface area contributed by atoms with E-state index in [1.54, 1.807) is 13.0 Å². The first-order valence-electron chi connectivity index (χ1n) is 9.32. The van der Waals surface area contributed by atoms with Gasteiger partial charge in [0.25, 0.3) is 0 Å². The Morgan fingerprint density at radius 3 is 2.33 bits per heavy atom. The van der Waals surface area contributed by atoms with Crippen molar-refractivity contribution in [1.82, 2.24) is 0 Å². The molecule has 0 nitrogen and oxygen atoms in total. The molecule has 0 amide bonds. The van der Waals surface area contributed by atoms with Crippen LogP contribution in [-0.4, -0.2) is 0 Å². The molecule has 0 N–H and O–H groups in total. The zero-order valence-corrected chi connectivity index (χ0v) is 16.0. The fourth-order valence-electron chi connectivity index (χ4n) is 3.52. The molecular weight excluding hydrogens is 345 g/mol. The molecule has 1 saturated carbocycles. The van der Waals surface area contributed by atoms with Gasteiger partial charge in [-0.05, 0) is 71.1 Å². The molecule has 2 atom stereocenters. The molecule has 2 unspecified atom stereocenters. The van der Waals surface area contributed by atoms with Crippen LogP contribution < -0.4 is 0 Å². The van der Waals surface area contributed by atoms with Crippen molar-refractivity contribution < 1.29 is 13.2 Å². The Bertz CT molecular complexity index is 854.